The number of hydrogen-bond donors (Lipinski definition) is 3. The number of guanidine groups is 1. The van der Waals surface area contributed by atoms with E-state index in [1.807, 2.05) is 6.92 Å². The molecule has 1 aromatic carbocycles. The Morgan fingerprint density at radius 1 is 1.32 bits per heavy atom. The third-order valence-electron chi connectivity index (χ3n) is 3.48. The summed E-state index contributed by atoms with van der Waals surface area (Å²) in [4.78, 5) is 4.43. The van der Waals surface area contributed by atoms with Crippen LogP contribution in [0.5, 0.6) is 0 Å². The number of halogens is 3. The molecule has 0 saturated heterocycles. The Kier molecular flexibility index (Phi) is 8.82. The summed E-state index contributed by atoms with van der Waals surface area (Å²) in [5, 5.41) is 17.8. The Balaban J connectivity index is 0.00000242. The maximum Gasteiger partial charge on any atom is 0.191 e. The lowest BCUT2D eigenvalue weighted by Gasteiger charge is -2.28. The summed E-state index contributed by atoms with van der Waals surface area (Å²) in [6.45, 7) is 3.07. The van der Waals surface area contributed by atoms with E-state index in [1.54, 1.807) is 18.2 Å². The van der Waals surface area contributed by atoms with Crippen molar-refractivity contribution >= 4 is 53.1 Å². The number of rotatable bonds is 5. The highest BCUT2D eigenvalue weighted by atomic mass is 127. The summed E-state index contributed by atoms with van der Waals surface area (Å²) >= 11 is 11.9. The molecule has 0 heterocycles. The first kappa shape index (κ1) is 19.8. The van der Waals surface area contributed by atoms with Gasteiger partial charge in [-0.1, -0.05) is 23.2 Å². The van der Waals surface area contributed by atoms with E-state index < -0.39 is 6.10 Å². The largest absolute Gasteiger partial charge is 0.386 e. The van der Waals surface area contributed by atoms with Gasteiger partial charge in [0.05, 0.1) is 12.6 Å². The average Bonchev–Trinajstić information content (AvgIpc) is 2.38. The van der Waals surface area contributed by atoms with Crippen molar-refractivity contribution in [1.82, 2.24) is 10.6 Å². The van der Waals surface area contributed by atoms with Crippen LogP contribution in [0.15, 0.2) is 23.2 Å². The van der Waals surface area contributed by atoms with Gasteiger partial charge in [0.25, 0.3) is 0 Å². The number of aliphatic hydroxyl groups is 1. The van der Waals surface area contributed by atoms with Crippen molar-refractivity contribution in [2.24, 2.45) is 4.99 Å². The molecule has 0 bridgehead atoms. The molecule has 1 atom stereocenters. The van der Waals surface area contributed by atoms with Gasteiger partial charge in [0.1, 0.15) is 0 Å². The number of nitrogens with zero attached hydrogens (tertiary/aromatic N) is 1. The first-order chi connectivity index (χ1) is 10.1. The van der Waals surface area contributed by atoms with E-state index in [0.29, 0.717) is 21.7 Å². The van der Waals surface area contributed by atoms with Crippen LogP contribution in [0.3, 0.4) is 0 Å². The van der Waals surface area contributed by atoms with Gasteiger partial charge < -0.3 is 15.7 Å². The molecule has 1 aliphatic carbocycles. The van der Waals surface area contributed by atoms with Crippen LogP contribution in [-0.4, -0.2) is 30.2 Å². The number of aliphatic hydroxyl groups excluding tert-OH is 1. The minimum absolute atomic E-state index is 0. The predicted molar refractivity (Wildman–Crippen MR) is 104 cm³/mol. The number of nitrogens with one attached hydrogen (secondary N) is 2. The van der Waals surface area contributed by atoms with Crippen LogP contribution in [-0.2, 0) is 0 Å². The second-order valence-electron chi connectivity index (χ2n) is 5.21. The fourth-order valence-electron chi connectivity index (χ4n) is 2.12. The predicted octanol–water partition coefficient (Wildman–Crippen LogP) is 3.75. The minimum atomic E-state index is -0.724. The molecule has 1 aliphatic rings. The molecule has 1 saturated carbocycles. The summed E-state index contributed by atoms with van der Waals surface area (Å²) in [6, 6.07) is 5.56. The molecule has 2 rings (SSSR count). The molecular formula is C15H22Cl2IN3O. The van der Waals surface area contributed by atoms with Crippen molar-refractivity contribution in [3.05, 3.63) is 33.8 Å². The molecule has 4 nitrogen and oxygen atoms in total. The smallest absolute Gasteiger partial charge is 0.191 e. The lowest BCUT2D eigenvalue weighted by Crippen LogP contribution is -2.46. The first-order valence-corrected chi connectivity index (χ1v) is 8.03. The van der Waals surface area contributed by atoms with E-state index in [1.165, 1.54) is 19.3 Å². The minimum Gasteiger partial charge on any atom is -0.386 e. The Morgan fingerprint density at radius 3 is 2.45 bits per heavy atom. The lowest BCUT2D eigenvalue weighted by molar-refractivity contribution is 0.187. The highest BCUT2D eigenvalue weighted by Crippen LogP contribution is 2.23. The fraction of sp³-hybridized carbons (Fsp3) is 0.533. The summed E-state index contributed by atoms with van der Waals surface area (Å²) in [5.41, 5.74) is 0.677. The molecule has 1 fully saturated rings. The molecule has 124 valence electrons. The van der Waals surface area contributed by atoms with Crippen LogP contribution in [0.4, 0.5) is 0 Å². The normalized spacial score (nSPS) is 16.5. The van der Waals surface area contributed by atoms with Gasteiger partial charge in [-0.25, -0.2) is 0 Å². The lowest BCUT2D eigenvalue weighted by atomic mass is 9.93. The maximum atomic E-state index is 10.2. The Morgan fingerprint density at radius 2 is 1.95 bits per heavy atom. The molecular weight excluding hydrogens is 436 g/mol. The molecule has 0 aliphatic heterocycles. The Hall–Kier alpha value is -0.240. The quantitative estimate of drug-likeness (QED) is 0.358. The third kappa shape index (κ3) is 6.10. The summed E-state index contributed by atoms with van der Waals surface area (Å²) in [5.74, 6) is 0.745. The van der Waals surface area contributed by atoms with Crippen LogP contribution < -0.4 is 10.6 Å². The summed E-state index contributed by atoms with van der Waals surface area (Å²) in [7, 11) is 0. The van der Waals surface area contributed by atoms with Crippen molar-refractivity contribution < 1.29 is 5.11 Å². The maximum absolute atomic E-state index is 10.2. The molecule has 1 unspecified atom stereocenters. The van der Waals surface area contributed by atoms with Crippen molar-refractivity contribution in [1.29, 1.82) is 0 Å². The van der Waals surface area contributed by atoms with E-state index in [2.05, 4.69) is 15.6 Å². The SMILES string of the molecule is CCNC(=NCC(O)c1cc(Cl)cc(Cl)c1)NC1CCC1.I. The van der Waals surface area contributed by atoms with Gasteiger partial charge in [-0.2, -0.15) is 0 Å². The molecule has 0 radical (unpaired) electrons. The third-order valence-corrected chi connectivity index (χ3v) is 3.92. The van der Waals surface area contributed by atoms with E-state index in [0.717, 1.165) is 12.5 Å². The van der Waals surface area contributed by atoms with E-state index >= 15 is 0 Å². The van der Waals surface area contributed by atoms with Gasteiger partial charge in [-0.3, -0.25) is 4.99 Å². The van der Waals surface area contributed by atoms with Crippen molar-refractivity contribution in [2.75, 3.05) is 13.1 Å². The average molecular weight is 458 g/mol. The zero-order chi connectivity index (χ0) is 15.2. The number of aliphatic imine (C=N–C) groups is 1. The van der Waals surface area contributed by atoms with Crippen LogP contribution >= 0.6 is 47.2 Å². The van der Waals surface area contributed by atoms with Crippen LogP contribution in [0, 0.1) is 0 Å². The first-order valence-electron chi connectivity index (χ1n) is 7.27. The van der Waals surface area contributed by atoms with Gasteiger partial charge in [-0.15, -0.1) is 24.0 Å². The molecule has 7 heteroatoms. The Bertz CT molecular complexity index is 489. The molecule has 0 amide bonds. The van der Waals surface area contributed by atoms with Gasteiger partial charge in [0.15, 0.2) is 5.96 Å². The van der Waals surface area contributed by atoms with Crippen LogP contribution in [0.25, 0.3) is 0 Å². The Labute approximate surface area is 158 Å². The molecule has 3 N–H and O–H groups in total. The van der Waals surface area contributed by atoms with Gasteiger partial charge in [-0.05, 0) is 49.9 Å². The highest BCUT2D eigenvalue weighted by Gasteiger charge is 2.18. The second kappa shape index (κ2) is 9.80. The summed E-state index contributed by atoms with van der Waals surface area (Å²) < 4.78 is 0. The van der Waals surface area contributed by atoms with E-state index in [-0.39, 0.29) is 30.5 Å². The fourth-order valence-corrected chi connectivity index (χ4v) is 2.66. The monoisotopic (exact) mass is 457 g/mol. The zero-order valence-corrected chi connectivity index (χ0v) is 16.3. The van der Waals surface area contributed by atoms with Crippen molar-refractivity contribution in [3.8, 4) is 0 Å². The second-order valence-corrected chi connectivity index (χ2v) is 6.08. The van der Waals surface area contributed by atoms with Crippen LogP contribution in [0.2, 0.25) is 10.0 Å². The molecule has 0 spiro atoms. The van der Waals surface area contributed by atoms with E-state index in [9.17, 15) is 5.11 Å². The number of hydrogen-bond acceptors (Lipinski definition) is 2. The summed E-state index contributed by atoms with van der Waals surface area (Å²) in [6.07, 6.45) is 2.90. The van der Waals surface area contributed by atoms with Gasteiger partial charge in [0, 0.05) is 22.6 Å². The molecule has 1 aromatic rings. The van der Waals surface area contributed by atoms with Crippen molar-refractivity contribution in [2.45, 2.75) is 38.3 Å². The standard InChI is InChI=1S/C15H21Cl2N3O.HI/c1-2-18-15(20-13-4-3-5-13)19-9-14(21)10-6-11(16)8-12(17)7-10;/h6-8,13-14,21H,2-5,9H2,1H3,(H2,18,19,20);1H. The van der Waals surface area contributed by atoms with Crippen molar-refractivity contribution in [3.63, 3.8) is 0 Å². The highest BCUT2D eigenvalue weighted by molar-refractivity contribution is 14.0. The molecule has 0 aromatic heterocycles. The van der Waals surface area contributed by atoms with Crippen LogP contribution in [0.1, 0.15) is 37.9 Å². The van der Waals surface area contributed by atoms with Gasteiger partial charge >= 0.3 is 0 Å². The topological polar surface area (TPSA) is 56.7 Å². The van der Waals surface area contributed by atoms with E-state index in [4.69, 9.17) is 23.2 Å². The zero-order valence-electron chi connectivity index (χ0n) is 12.5. The van der Waals surface area contributed by atoms with Gasteiger partial charge in [0.2, 0.25) is 0 Å². The number of benzene rings is 1. The molecule has 22 heavy (non-hydrogen) atoms.